The number of ether oxygens (including phenoxy) is 1. The van der Waals surface area contributed by atoms with Gasteiger partial charge in [0.1, 0.15) is 12.9 Å². The summed E-state index contributed by atoms with van der Waals surface area (Å²) in [5, 5.41) is 12.0. The topological polar surface area (TPSA) is 80.8 Å². The molecular weight excluding hydrogens is 160 g/mol. The lowest BCUT2D eigenvalue weighted by atomic mass is 10.6. The fourth-order valence-electron chi connectivity index (χ4n) is 0.696. The van der Waals surface area contributed by atoms with E-state index in [1.54, 1.807) is 0 Å². The summed E-state index contributed by atoms with van der Waals surface area (Å²) >= 11 is 0. The Bertz CT molecular complexity index is 325. The molecule has 0 aromatic carbocycles. The minimum Gasteiger partial charge on any atom is -0.463 e. The van der Waals surface area contributed by atoms with E-state index < -0.39 is 5.97 Å². The van der Waals surface area contributed by atoms with Gasteiger partial charge in [0.15, 0.2) is 0 Å². The lowest BCUT2D eigenvalue weighted by molar-refractivity contribution is 0.0580. The highest BCUT2D eigenvalue weighted by Crippen LogP contribution is 1.95. The average Bonchev–Trinajstić information content (AvgIpc) is 2.52. The van der Waals surface area contributed by atoms with Crippen LogP contribution in [0.15, 0.2) is 6.33 Å². The van der Waals surface area contributed by atoms with Crippen LogP contribution in [0, 0.1) is 11.3 Å². The van der Waals surface area contributed by atoms with Gasteiger partial charge in [0, 0.05) is 0 Å². The smallest absolute Gasteiger partial charge is 0.375 e. The van der Waals surface area contributed by atoms with Gasteiger partial charge in [-0.05, 0) is 0 Å². The Morgan fingerprint density at radius 3 is 3.25 bits per heavy atom. The first kappa shape index (κ1) is 8.20. The summed E-state index contributed by atoms with van der Waals surface area (Å²) < 4.78 is 5.58. The van der Waals surface area contributed by atoms with E-state index in [0.717, 1.165) is 0 Å². The van der Waals surface area contributed by atoms with E-state index in [9.17, 15) is 4.79 Å². The standard InChI is InChI=1S/C6H6N4O2/c1-12-6(11)5-8-4-9-10(5)3-2-7/h4H,3H2,1H3. The van der Waals surface area contributed by atoms with Gasteiger partial charge in [0.05, 0.1) is 13.2 Å². The van der Waals surface area contributed by atoms with Crippen molar-refractivity contribution < 1.29 is 9.53 Å². The van der Waals surface area contributed by atoms with E-state index in [0.29, 0.717) is 0 Å². The van der Waals surface area contributed by atoms with E-state index >= 15 is 0 Å². The number of carbonyl (C=O) groups is 1. The number of esters is 1. The van der Waals surface area contributed by atoms with E-state index in [1.165, 1.54) is 18.1 Å². The van der Waals surface area contributed by atoms with Crippen molar-refractivity contribution in [3.63, 3.8) is 0 Å². The third kappa shape index (κ3) is 1.40. The van der Waals surface area contributed by atoms with Crippen molar-refractivity contribution in [1.82, 2.24) is 14.8 Å². The van der Waals surface area contributed by atoms with Crippen molar-refractivity contribution >= 4 is 5.97 Å². The van der Waals surface area contributed by atoms with Gasteiger partial charge in [-0.3, -0.25) is 0 Å². The molecule has 0 atom stereocenters. The molecule has 1 heterocycles. The molecule has 0 spiro atoms. The molecule has 12 heavy (non-hydrogen) atoms. The SMILES string of the molecule is COC(=O)c1ncnn1CC#N. The average molecular weight is 166 g/mol. The van der Waals surface area contributed by atoms with E-state index in [1.807, 2.05) is 6.07 Å². The van der Waals surface area contributed by atoms with Gasteiger partial charge in [-0.2, -0.15) is 10.4 Å². The molecule has 0 aliphatic heterocycles. The molecule has 0 radical (unpaired) electrons. The maximum Gasteiger partial charge on any atom is 0.375 e. The van der Waals surface area contributed by atoms with Crippen LogP contribution in [0.3, 0.4) is 0 Å². The van der Waals surface area contributed by atoms with Gasteiger partial charge < -0.3 is 4.74 Å². The number of methoxy groups -OCH3 is 1. The predicted molar refractivity (Wildman–Crippen MR) is 37.0 cm³/mol. The normalized spacial score (nSPS) is 9.00. The number of nitrogens with zero attached hydrogens (tertiary/aromatic N) is 4. The van der Waals surface area contributed by atoms with Crippen LogP contribution in [-0.4, -0.2) is 27.8 Å². The molecule has 1 aromatic rings. The number of carbonyl (C=O) groups excluding carboxylic acids is 1. The second kappa shape index (κ2) is 3.48. The monoisotopic (exact) mass is 166 g/mol. The number of nitriles is 1. The minimum absolute atomic E-state index is 0.00949. The molecule has 62 valence electrons. The van der Waals surface area contributed by atoms with Crippen molar-refractivity contribution in [1.29, 1.82) is 5.26 Å². The first-order chi connectivity index (χ1) is 5.79. The van der Waals surface area contributed by atoms with Crippen molar-refractivity contribution in [2.75, 3.05) is 7.11 Å². The van der Waals surface area contributed by atoms with Gasteiger partial charge in [0.25, 0.3) is 0 Å². The fraction of sp³-hybridized carbons (Fsp3) is 0.333. The Hall–Kier alpha value is -1.90. The van der Waals surface area contributed by atoms with Crippen molar-refractivity contribution in [2.45, 2.75) is 6.54 Å². The molecule has 0 aliphatic carbocycles. The summed E-state index contributed by atoms with van der Waals surface area (Å²) in [4.78, 5) is 14.5. The summed E-state index contributed by atoms with van der Waals surface area (Å²) in [6.07, 6.45) is 1.20. The van der Waals surface area contributed by atoms with Crippen LogP contribution in [0.5, 0.6) is 0 Å². The van der Waals surface area contributed by atoms with Crippen molar-refractivity contribution in [3.05, 3.63) is 12.2 Å². The van der Waals surface area contributed by atoms with Crippen molar-refractivity contribution in [2.24, 2.45) is 0 Å². The maximum atomic E-state index is 10.9. The summed E-state index contributed by atoms with van der Waals surface area (Å²) in [5.74, 6) is -0.554. The van der Waals surface area contributed by atoms with E-state index in [2.05, 4.69) is 14.8 Å². The molecule has 0 saturated heterocycles. The molecule has 6 nitrogen and oxygen atoms in total. The van der Waals surface area contributed by atoms with Gasteiger partial charge in [-0.15, -0.1) is 0 Å². The molecule has 0 aliphatic rings. The van der Waals surface area contributed by atoms with Gasteiger partial charge >= 0.3 is 5.97 Å². The minimum atomic E-state index is -0.595. The fourth-order valence-corrected chi connectivity index (χ4v) is 0.696. The highest BCUT2D eigenvalue weighted by Gasteiger charge is 2.13. The summed E-state index contributed by atoms with van der Waals surface area (Å²) in [7, 11) is 1.24. The number of hydrogen-bond donors (Lipinski definition) is 0. The highest BCUT2D eigenvalue weighted by molar-refractivity contribution is 5.85. The Morgan fingerprint density at radius 1 is 1.92 bits per heavy atom. The van der Waals surface area contributed by atoms with Crippen LogP contribution < -0.4 is 0 Å². The Balaban J connectivity index is 2.92. The summed E-state index contributed by atoms with van der Waals surface area (Å²) in [5.41, 5.74) is 0. The number of rotatable bonds is 2. The quantitative estimate of drug-likeness (QED) is 0.558. The third-order valence-electron chi connectivity index (χ3n) is 1.20. The summed E-state index contributed by atoms with van der Waals surface area (Å²) in [6, 6.07) is 1.84. The molecule has 0 N–H and O–H groups in total. The lowest BCUT2D eigenvalue weighted by Crippen LogP contribution is -2.12. The van der Waals surface area contributed by atoms with Crippen LogP contribution in [0.4, 0.5) is 0 Å². The highest BCUT2D eigenvalue weighted by atomic mass is 16.5. The van der Waals surface area contributed by atoms with Gasteiger partial charge in [-0.25, -0.2) is 14.5 Å². The maximum absolute atomic E-state index is 10.9. The molecule has 0 saturated carbocycles. The van der Waals surface area contributed by atoms with Crippen LogP contribution in [0.25, 0.3) is 0 Å². The van der Waals surface area contributed by atoms with Crippen LogP contribution >= 0.6 is 0 Å². The zero-order valence-corrected chi connectivity index (χ0v) is 6.39. The Kier molecular flexibility index (Phi) is 2.38. The molecule has 6 heteroatoms. The predicted octanol–water partition coefficient (Wildman–Crippen LogP) is -0.412. The molecule has 0 amide bonds. The molecule has 0 fully saturated rings. The second-order valence-corrected chi connectivity index (χ2v) is 1.89. The summed E-state index contributed by atoms with van der Waals surface area (Å²) in [6.45, 7) is -0.00949. The zero-order chi connectivity index (χ0) is 8.97. The van der Waals surface area contributed by atoms with E-state index in [-0.39, 0.29) is 12.4 Å². The molecule has 1 rings (SSSR count). The molecule has 1 aromatic heterocycles. The van der Waals surface area contributed by atoms with E-state index in [4.69, 9.17) is 5.26 Å². The van der Waals surface area contributed by atoms with Crippen molar-refractivity contribution in [3.8, 4) is 6.07 Å². The first-order valence-electron chi connectivity index (χ1n) is 3.12. The van der Waals surface area contributed by atoms with Gasteiger partial charge in [-0.1, -0.05) is 0 Å². The van der Waals surface area contributed by atoms with Crippen LogP contribution in [0.2, 0.25) is 0 Å². The van der Waals surface area contributed by atoms with Gasteiger partial charge in [0.2, 0.25) is 5.82 Å². The zero-order valence-electron chi connectivity index (χ0n) is 6.39. The largest absolute Gasteiger partial charge is 0.463 e. The van der Waals surface area contributed by atoms with Crippen LogP contribution in [-0.2, 0) is 11.3 Å². The Labute approximate surface area is 68.4 Å². The molecule has 0 bridgehead atoms. The first-order valence-corrected chi connectivity index (χ1v) is 3.12. The number of aromatic nitrogens is 3. The number of hydrogen-bond acceptors (Lipinski definition) is 5. The molecular formula is C6H6N4O2. The second-order valence-electron chi connectivity index (χ2n) is 1.89. The lowest BCUT2D eigenvalue weighted by Gasteiger charge is -1.97. The Morgan fingerprint density at radius 2 is 2.67 bits per heavy atom. The molecule has 0 unspecified atom stereocenters. The third-order valence-corrected chi connectivity index (χ3v) is 1.20. The van der Waals surface area contributed by atoms with Crippen LogP contribution in [0.1, 0.15) is 10.6 Å².